The van der Waals surface area contributed by atoms with Crippen LogP contribution in [0.15, 0.2) is 0 Å². The Labute approximate surface area is 98.1 Å². The second kappa shape index (κ2) is 5.58. The van der Waals surface area contributed by atoms with E-state index in [1.807, 2.05) is 0 Å². The molecular weight excluding hydrogens is 202 g/mol. The van der Waals surface area contributed by atoms with Gasteiger partial charge in [-0.2, -0.15) is 10.2 Å². The van der Waals surface area contributed by atoms with Gasteiger partial charge >= 0.3 is 0 Å². The molecule has 0 saturated carbocycles. The quantitative estimate of drug-likeness (QED) is 0.690. The van der Waals surface area contributed by atoms with E-state index in [2.05, 4.69) is 38.3 Å². The molecule has 0 spiro atoms. The van der Waals surface area contributed by atoms with Crippen molar-refractivity contribution in [3.05, 3.63) is 0 Å². The van der Waals surface area contributed by atoms with E-state index in [9.17, 15) is 0 Å². The third-order valence-corrected chi connectivity index (χ3v) is 8.05. The lowest BCUT2D eigenvalue weighted by molar-refractivity contribution is 0.281. The van der Waals surface area contributed by atoms with Gasteiger partial charge in [0.05, 0.1) is 0 Å². The summed E-state index contributed by atoms with van der Waals surface area (Å²) < 4.78 is 2.89. The molecule has 1 saturated heterocycles. The first-order valence-electron chi connectivity index (χ1n) is 6.57. The fraction of sp³-hybridized carbons (Fsp3) is 1.00. The molecule has 2 atom stereocenters. The summed E-state index contributed by atoms with van der Waals surface area (Å²) in [5, 5.41) is 0. The topological polar surface area (TPSA) is 3.24 Å². The molecule has 2 unspecified atom stereocenters. The van der Waals surface area contributed by atoms with E-state index in [0.717, 1.165) is 12.1 Å². The van der Waals surface area contributed by atoms with E-state index in [1.54, 1.807) is 0 Å². The molecule has 0 aliphatic carbocycles. The van der Waals surface area contributed by atoms with Crippen LogP contribution in [0.1, 0.15) is 53.4 Å². The fourth-order valence-corrected chi connectivity index (χ4v) is 7.12. The molecule has 1 rings (SSSR count). The van der Waals surface area contributed by atoms with E-state index in [0.29, 0.717) is 0 Å². The van der Waals surface area contributed by atoms with Crippen molar-refractivity contribution in [2.75, 3.05) is 17.8 Å². The summed E-state index contributed by atoms with van der Waals surface area (Å²) in [4.78, 5) is 0. The third kappa shape index (κ3) is 2.91. The van der Waals surface area contributed by atoms with Gasteiger partial charge in [-0.25, -0.2) is 0 Å². The summed E-state index contributed by atoms with van der Waals surface area (Å²) in [6, 6.07) is 1.55. The Hall–Kier alpha value is 0.310. The molecule has 0 aromatic heterocycles. The molecule has 0 aromatic rings. The van der Waals surface area contributed by atoms with Crippen LogP contribution >= 0.6 is 10.2 Å². The lowest BCUT2D eigenvalue weighted by Gasteiger charge is -2.50. The molecule has 0 bridgehead atoms. The maximum absolute atomic E-state index is 2.89. The Bertz CT molecular complexity index is 177. The minimum Gasteiger partial charge on any atom is -0.262 e. The van der Waals surface area contributed by atoms with Crippen LogP contribution in [0.3, 0.4) is 0 Å². The highest BCUT2D eigenvalue weighted by molar-refractivity contribution is 8.31. The summed E-state index contributed by atoms with van der Waals surface area (Å²) in [5.74, 6) is 2.98. The second-order valence-corrected chi connectivity index (χ2v) is 8.89. The molecule has 1 nitrogen and oxygen atoms in total. The minimum absolute atomic E-state index is 0.434. The smallest absolute Gasteiger partial charge is 0.0159 e. The first-order valence-corrected chi connectivity index (χ1v) is 8.91. The highest BCUT2D eigenvalue weighted by atomic mass is 32.3. The van der Waals surface area contributed by atoms with Crippen LogP contribution in [0.25, 0.3) is 0 Å². The van der Waals surface area contributed by atoms with Gasteiger partial charge in [-0.3, -0.25) is 4.31 Å². The highest BCUT2D eigenvalue weighted by Crippen LogP contribution is 2.56. The van der Waals surface area contributed by atoms with Gasteiger partial charge in [-0.05, 0) is 57.3 Å². The molecule has 15 heavy (non-hydrogen) atoms. The van der Waals surface area contributed by atoms with Crippen molar-refractivity contribution < 1.29 is 0 Å². The van der Waals surface area contributed by atoms with Crippen LogP contribution in [-0.4, -0.2) is 34.2 Å². The van der Waals surface area contributed by atoms with E-state index < -0.39 is 10.2 Å². The Balaban J connectivity index is 2.79. The zero-order valence-corrected chi connectivity index (χ0v) is 12.1. The second-order valence-electron chi connectivity index (χ2n) is 5.21. The lowest BCUT2D eigenvalue weighted by Crippen LogP contribution is -2.42. The zero-order chi connectivity index (χ0) is 11.5. The minimum atomic E-state index is -0.434. The SMILES string of the molecule is CCC(C)N(C(C)CC)S1(C)CCCC1. The van der Waals surface area contributed by atoms with Gasteiger partial charge in [0.15, 0.2) is 0 Å². The van der Waals surface area contributed by atoms with Crippen LogP contribution in [0.5, 0.6) is 0 Å². The highest BCUT2D eigenvalue weighted by Gasteiger charge is 2.34. The Morgan fingerprint density at radius 2 is 1.40 bits per heavy atom. The van der Waals surface area contributed by atoms with E-state index in [4.69, 9.17) is 0 Å². The Kier molecular flexibility index (Phi) is 4.98. The lowest BCUT2D eigenvalue weighted by atomic mass is 10.2. The van der Waals surface area contributed by atoms with Crippen LogP contribution in [0.2, 0.25) is 0 Å². The maximum atomic E-state index is 2.89. The molecule has 0 amide bonds. The third-order valence-electron chi connectivity index (χ3n) is 3.98. The maximum Gasteiger partial charge on any atom is 0.0159 e. The van der Waals surface area contributed by atoms with Gasteiger partial charge in [0.1, 0.15) is 0 Å². The molecule has 2 heteroatoms. The van der Waals surface area contributed by atoms with Gasteiger partial charge in [0, 0.05) is 12.1 Å². The molecule has 1 fully saturated rings. The van der Waals surface area contributed by atoms with Gasteiger partial charge in [0.25, 0.3) is 0 Å². The Morgan fingerprint density at radius 3 is 1.73 bits per heavy atom. The van der Waals surface area contributed by atoms with Crippen LogP contribution < -0.4 is 0 Å². The summed E-state index contributed by atoms with van der Waals surface area (Å²) >= 11 is 0. The molecule has 1 aliphatic rings. The van der Waals surface area contributed by atoms with Gasteiger partial charge in [-0.15, -0.1) is 0 Å². The normalized spacial score (nSPS) is 26.5. The van der Waals surface area contributed by atoms with Gasteiger partial charge in [0.2, 0.25) is 0 Å². The molecule has 1 heterocycles. The van der Waals surface area contributed by atoms with Crippen molar-refractivity contribution in [3.8, 4) is 0 Å². The van der Waals surface area contributed by atoms with Gasteiger partial charge in [-0.1, -0.05) is 13.8 Å². The van der Waals surface area contributed by atoms with Crippen molar-refractivity contribution in [1.29, 1.82) is 0 Å². The first kappa shape index (κ1) is 13.4. The molecule has 1 aliphatic heterocycles. The summed E-state index contributed by atoms with van der Waals surface area (Å²) in [6.45, 7) is 9.50. The molecule has 92 valence electrons. The van der Waals surface area contributed by atoms with Crippen molar-refractivity contribution >= 4 is 10.2 Å². The predicted molar refractivity (Wildman–Crippen MR) is 73.8 cm³/mol. The molecular formula is C13H29NS. The Morgan fingerprint density at radius 1 is 1.00 bits per heavy atom. The van der Waals surface area contributed by atoms with Crippen molar-refractivity contribution in [2.24, 2.45) is 0 Å². The summed E-state index contributed by atoms with van der Waals surface area (Å²) in [6.07, 6.45) is 8.10. The largest absolute Gasteiger partial charge is 0.262 e. The van der Waals surface area contributed by atoms with E-state index in [-0.39, 0.29) is 0 Å². The predicted octanol–water partition coefficient (Wildman–Crippen LogP) is 4.03. The van der Waals surface area contributed by atoms with Crippen LogP contribution in [0, 0.1) is 0 Å². The average Bonchev–Trinajstić information content (AvgIpc) is 2.65. The monoisotopic (exact) mass is 231 g/mol. The standard InChI is InChI=1S/C13H29NS/c1-6-12(3)14(13(4)7-2)15(5)10-8-9-11-15/h12-13H,6-11H2,1-5H3. The first-order chi connectivity index (χ1) is 7.05. The van der Waals surface area contributed by atoms with Crippen molar-refractivity contribution in [1.82, 2.24) is 4.31 Å². The summed E-state index contributed by atoms with van der Waals surface area (Å²) in [5.41, 5.74) is 0. The number of hydrogen-bond acceptors (Lipinski definition) is 1. The number of hydrogen-bond donors (Lipinski definition) is 0. The van der Waals surface area contributed by atoms with Gasteiger partial charge < -0.3 is 0 Å². The van der Waals surface area contributed by atoms with Crippen LogP contribution in [-0.2, 0) is 0 Å². The zero-order valence-electron chi connectivity index (χ0n) is 11.3. The van der Waals surface area contributed by atoms with E-state index >= 15 is 0 Å². The molecule has 0 radical (unpaired) electrons. The average molecular weight is 231 g/mol. The molecule has 0 N–H and O–H groups in total. The van der Waals surface area contributed by atoms with Crippen molar-refractivity contribution in [2.45, 2.75) is 65.5 Å². The number of nitrogens with zero attached hydrogens (tertiary/aromatic N) is 1. The fourth-order valence-electron chi connectivity index (χ4n) is 2.80. The van der Waals surface area contributed by atoms with Crippen molar-refractivity contribution in [3.63, 3.8) is 0 Å². The van der Waals surface area contributed by atoms with E-state index in [1.165, 1.54) is 37.2 Å². The van der Waals surface area contributed by atoms with Crippen LogP contribution in [0.4, 0.5) is 0 Å². The molecule has 0 aromatic carbocycles. The summed E-state index contributed by atoms with van der Waals surface area (Å²) in [7, 11) is -0.434. The number of rotatable bonds is 5.